The fraction of sp³-hybridized carbons (Fsp3) is 0.500. The van der Waals surface area contributed by atoms with Crippen molar-refractivity contribution in [2.24, 2.45) is 10.7 Å². The first-order chi connectivity index (χ1) is 13.7. The minimum Gasteiger partial charge on any atom is -0.398 e. The molecule has 0 bridgehead atoms. The molecule has 0 fully saturated rings. The Morgan fingerprint density at radius 3 is 2.86 bits per heavy atom. The van der Waals surface area contributed by atoms with Crippen LogP contribution in [0.5, 0.6) is 0 Å². The van der Waals surface area contributed by atoms with Crippen LogP contribution in [0.4, 0.5) is 0 Å². The third-order valence-corrected chi connectivity index (χ3v) is 4.93. The molecule has 0 radical (unpaired) electrons. The summed E-state index contributed by atoms with van der Waals surface area (Å²) in [6.45, 7) is 8.14. The molecule has 0 aromatic heterocycles. The van der Waals surface area contributed by atoms with Gasteiger partial charge in [-0.2, -0.15) is 5.26 Å². The predicted molar refractivity (Wildman–Crippen MR) is 114 cm³/mol. The molecule has 0 spiro atoms. The molecular weight excluding hydrogens is 366 g/mol. The van der Waals surface area contributed by atoms with Crippen molar-refractivity contribution in [3.8, 4) is 6.07 Å². The second kappa shape index (κ2) is 9.57. The van der Waals surface area contributed by atoms with Gasteiger partial charge >= 0.3 is 0 Å². The highest BCUT2D eigenvalue weighted by Gasteiger charge is 2.28. The van der Waals surface area contributed by atoms with Gasteiger partial charge in [0, 0.05) is 23.9 Å². The Kier molecular flexibility index (Phi) is 7.40. The monoisotopic (exact) mass is 397 g/mol. The highest BCUT2D eigenvalue weighted by Crippen LogP contribution is 2.27. The van der Waals surface area contributed by atoms with E-state index in [9.17, 15) is 4.79 Å². The number of nitrogens with one attached hydrogen (secondary N) is 1. The summed E-state index contributed by atoms with van der Waals surface area (Å²) >= 11 is 0. The van der Waals surface area contributed by atoms with Gasteiger partial charge < -0.3 is 20.7 Å². The lowest BCUT2D eigenvalue weighted by atomic mass is 9.99. The van der Waals surface area contributed by atoms with Gasteiger partial charge in [-0.05, 0) is 51.8 Å². The number of hydrogen-bond acceptors (Lipinski definition) is 6. The maximum Gasteiger partial charge on any atom is 0.240 e. The van der Waals surface area contributed by atoms with Crippen LogP contribution in [0.1, 0.15) is 47.0 Å². The third-order valence-electron chi connectivity index (χ3n) is 4.93. The second-order valence-electron chi connectivity index (χ2n) is 7.90. The summed E-state index contributed by atoms with van der Waals surface area (Å²) in [6, 6.07) is 2.11. The number of allylic oxidation sites excluding steroid dienone is 5. The van der Waals surface area contributed by atoms with Crippen molar-refractivity contribution in [1.82, 2.24) is 10.2 Å². The Hall–Kier alpha value is -2.85. The van der Waals surface area contributed by atoms with E-state index in [1.807, 2.05) is 37.8 Å². The van der Waals surface area contributed by atoms with E-state index < -0.39 is 6.23 Å². The number of rotatable bonds is 7. The molecule has 1 aliphatic carbocycles. The number of nitrogens with zero attached hydrogens (tertiary/aromatic N) is 3. The van der Waals surface area contributed by atoms with E-state index in [0.29, 0.717) is 29.2 Å². The Morgan fingerprint density at radius 1 is 1.52 bits per heavy atom. The molecule has 1 atom stereocenters. The van der Waals surface area contributed by atoms with Gasteiger partial charge in [-0.25, -0.2) is 4.99 Å². The Balaban J connectivity index is 2.22. The number of nitrogens with two attached hydrogens (primary N) is 1. The lowest BCUT2D eigenvalue weighted by Crippen LogP contribution is -2.51. The van der Waals surface area contributed by atoms with Crippen molar-refractivity contribution in [2.45, 2.75) is 58.7 Å². The van der Waals surface area contributed by atoms with E-state index in [4.69, 9.17) is 15.7 Å². The summed E-state index contributed by atoms with van der Waals surface area (Å²) in [6.07, 6.45) is 9.20. The van der Waals surface area contributed by atoms with E-state index >= 15 is 0 Å². The summed E-state index contributed by atoms with van der Waals surface area (Å²) in [5.74, 6) is 0.602. The minimum absolute atomic E-state index is 0.0744. The zero-order valence-corrected chi connectivity index (χ0v) is 18.0. The number of methoxy groups -OCH3 is 1. The van der Waals surface area contributed by atoms with Gasteiger partial charge in [0.1, 0.15) is 12.4 Å². The van der Waals surface area contributed by atoms with Gasteiger partial charge in [0.2, 0.25) is 5.91 Å². The van der Waals surface area contributed by atoms with Crippen LogP contribution in [0.25, 0.3) is 0 Å². The average molecular weight is 398 g/mol. The van der Waals surface area contributed by atoms with Crippen LogP contribution in [-0.2, 0) is 9.53 Å². The van der Waals surface area contributed by atoms with Crippen LogP contribution < -0.4 is 11.1 Å². The average Bonchev–Trinajstić information content (AvgIpc) is 2.83. The zero-order valence-electron chi connectivity index (χ0n) is 18.0. The van der Waals surface area contributed by atoms with E-state index in [1.165, 1.54) is 0 Å². The first-order valence-corrected chi connectivity index (χ1v) is 9.85. The molecule has 0 saturated carbocycles. The molecule has 0 aromatic rings. The predicted octanol–water partition coefficient (Wildman–Crippen LogP) is 2.89. The van der Waals surface area contributed by atoms with Crippen molar-refractivity contribution >= 4 is 11.7 Å². The molecule has 156 valence electrons. The highest BCUT2D eigenvalue weighted by molar-refractivity contribution is 5.88. The molecule has 3 N–H and O–H groups in total. The number of aliphatic imine (C=N–C) groups is 1. The van der Waals surface area contributed by atoms with Crippen LogP contribution in [0.3, 0.4) is 0 Å². The smallest absolute Gasteiger partial charge is 0.240 e. The normalized spacial score (nSPS) is 19.8. The Labute approximate surface area is 173 Å². The van der Waals surface area contributed by atoms with E-state index in [2.05, 4.69) is 23.3 Å². The lowest BCUT2D eigenvalue weighted by Gasteiger charge is -2.35. The molecule has 1 amide bonds. The first-order valence-electron chi connectivity index (χ1n) is 9.85. The van der Waals surface area contributed by atoms with Crippen molar-refractivity contribution in [3.05, 3.63) is 46.8 Å². The van der Waals surface area contributed by atoms with Gasteiger partial charge in [0.25, 0.3) is 0 Å². The Bertz CT molecular complexity index is 840. The van der Waals surface area contributed by atoms with Crippen LogP contribution in [0, 0.1) is 11.3 Å². The molecule has 0 saturated heterocycles. The molecular formula is C22H31N5O2. The molecule has 7 heteroatoms. The summed E-state index contributed by atoms with van der Waals surface area (Å²) in [5.41, 5.74) is 8.50. The molecule has 1 unspecified atom stereocenters. The summed E-state index contributed by atoms with van der Waals surface area (Å²) in [4.78, 5) is 19.1. The number of hydrogen-bond donors (Lipinski definition) is 2. The molecule has 0 aromatic carbocycles. The van der Waals surface area contributed by atoms with Crippen molar-refractivity contribution in [3.63, 3.8) is 0 Å². The molecule has 7 nitrogen and oxygen atoms in total. The molecule has 2 aliphatic rings. The van der Waals surface area contributed by atoms with Gasteiger partial charge in [0.05, 0.1) is 17.3 Å². The van der Waals surface area contributed by atoms with Gasteiger partial charge in [-0.3, -0.25) is 4.79 Å². The van der Waals surface area contributed by atoms with Crippen LogP contribution in [-0.4, -0.2) is 42.1 Å². The second-order valence-corrected chi connectivity index (χ2v) is 7.90. The molecule has 2 rings (SSSR count). The van der Waals surface area contributed by atoms with Crippen LogP contribution in [0.2, 0.25) is 0 Å². The van der Waals surface area contributed by atoms with E-state index in [-0.39, 0.29) is 18.0 Å². The zero-order chi connectivity index (χ0) is 21.6. The summed E-state index contributed by atoms with van der Waals surface area (Å²) in [7, 11) is 1.60. The number of amidine groups is 1. The summed E-state index contributed by atoms with van der Waals surface area (Å²) < 4.78 is 5.62. The van der Waals surface area contributed by atoms with Crippen molar-refractivity contribution in [1.29, 1.82) is 5.26 Å². The van der Waals surface area contributed by atoms with Gasteiger partial charge in [0.15, 0.2) is 6.23 Å². The van der Waals surface area contributed by atoms with Crippen LogP contribution in [0.15, 0.2) is 51.8 Å². The number of carbonyl (C=O) groups is 1. The van der Waals surface area contributed by atoms with Gasteiger partial charge in [-0.1, -0.05) is 19.4 Å². The third kappa shape index (κ3) is 5.81. The van der Waals surface area contributed by atoms with E-state index in [0.717, 1.165) is 18.4 Å². The fourth-order valence-electron chi connectivity index (χ4n) is 3.56. The number of carbonyl (C=O) groups excluding carboxylic acids is 1. The summed E-state index contributed by atoms with van der Waals surface area (Å²) in [5, 5.41) is 12.2. The largest absolute Gasteiger partial charge is 0.398 e. The molecule has 1 aliphatic heterocycles. The van der Waals surface area contributed by atoms with Crippen molar-refractivity contribution in [2.75, 3.05) is 13.7 Å². The number of amides is 1. The number of ether oxygens (including phenoxy) is 1. The molecule has 1 heterocycles. The standard InChI is InChI=1S/C22H31N5O2/c1-6-10-22(3,4)26-20(28)14-27-15(2)25-19(12-21(27)29-5)17-9-7-8-16(13-23)11-18(17)24/h7-8,11-12,21H,6,9-10,14,24H2,1-5H3,(H,26,28). The van der Waals surface area contributed by atoms with Crippen LogP contribution >= 0.6 is 0 Å². The maximum atomic E-state index is 12.6. The lowest BCUT2D eigenvalue weighted by molar-refractivity contribution is -0.124. The molecule has 29 heavy (non-hydrogen) atoms. The van der Waals surface area contributed by atoms with Gasteiger partial charge in [-0.15, -0.1) is 0 Å². The van der Waals surface area contributed by atoms with E-state index in [1.54, 1.807) is 19.3 Å². The minimum atomic E-state index is -0.436. The SMILES string of the molecule is CCCC(C)(C)NC(=O)CN1C(C)=NC(C2=C(N)C=C(C#N)C=CC2)=CC1OC. The first kappa shape index (κ1) is 22.4. The number of nitriles is 1. The topological polar surface area (TPSA) is 104 Å². The quantitative estimate of drug-likeness (QED) is 0.687. The fourth-order valence-corrected chi connectivity index (χ4v) is 3.56. The van der Waals surface area contributed by atoms with Crippen molar-refractivity contribution < 1.29 is 9.53 Å². The Morgan fingerprint density at radius 2 is 2.24 bits per heavy atom. The highest BCUT2D eigenvalue weighted by atomic mass is 16.5. The maximum absolute atomic E-state index is 12.6.